The summed E-state index contributed by atoms with van der Waals surface area (Å²) in [5.41, 5.74) is 5.47. The fraction of sp³-hybridized carbons (Fsp3) is 0.636. The second kappa shape index (κ2) is 5.16. The molecule has 7 nitrogen and oxygen atoms in total. The molecule has 0 bridgehead atoms. The van der Waals surface area contributed by atoms with Crippen molar-refractivity contribution in [1.82, 2.24) is 9.97 Å². The van der Waals surface area contributed by atoms with Gasteiger partial charge in [-0.15, -0.1) is 0 Å². The first-order valence-electron chi connectivity index (χ1n) is 6.13. The smallest absolute Gasteiger partial charge is 0.329 e. The van der Waals surface area contributed by atoms with Gasteiger partial charge in [0.25, 0.3) is 0 Å². The lowest BCUT2D eigenvalue weighted by atomic mass is 10.3. The fourth-order valence-corrected chi connectivity index (χ4v) is 1.91. The first-order chi connectivity index (χ1) is 8.61. The molecule has 0 aliphatic heterocycles. The zero-order valence-electron chi connectivity index (χ0n) is 10.4. The average Bonchev–Trinajstić information content (AvgIpc) is 3.12. The quantitative estimate of drug-likeness (QED) is 0.609. The molecule has 1 heterocycles. The van der Waals surface area contributed by atoms with Crippen LogP contribution in [0.25, 0.3) is 0 Å². The van der Waals surface area contributed by atoms with Crippen molar-refractivity contribution in [2.45, 2.75) is 26.2 Å². The molecule has 98 valence electrons. The molecular weight excluding hydrogens is 234 g/mol. The average molecular weight is 251 g/mol. The SMILES string of the molecule is CCCN(CC1CC1)c1nc(N)ncc1[N+](=O)[O-]. The van der Waals surface area contributed by atoms with Crippen molar-refractivity contribution >= 4 is 17.5 Å². The molecule has 1 fully saturated rings. The molecule has 0 radical (unpaired) electrons. The summed E-state index contributed by atoms with van der Waals surface area (Å²) in [4.78, 5) is 20.2. The molecule has 1 saturated carbocycles. The van der Waals surface area contributed by atoms with Crippen LogP contribution in [-0.4, -0.2) is 28.0 Å². The van der Waals surface area contributed by atoms with E-state index in [0.717, 1.165) is 19.5 Å². The number of nitrogen functional groups attached to an aromatic ring is 1. The van der Waals surface area contributed by atoms with Crippen molar-refractivity contribution in [2.75, 3.05) is 23.7 Å². The summed E-state index contributed by atoms with van der Waals surface area (Å²) in [5, 5.41) is 11.0. The van der Waals surface area contributed by atoms with E-state index in [9.17, 15) is 10.1 Å². The highest BCUT2D eigenvalue weighted by atomic mass is 16.6. The van der Waals surface area contributed by atoms with Gasteiger partial charge in [0.2, 0.25) is 11.8 Å². The van der Waals surface area contributed by atoms with Crippen molar-refractivity contribution in [3.8, 4) is 0 Å². The van der Waals surface area contributed by atoms with Gasteiger partial charge < -0.3 is 10.6 Å². The molecular formula is C11H17N5O2. The van der Waals surface area contributed by atoms with E-state index in [2.05, 4.69) is 9.97 Å². The third-order valence-corrected chi connectivity index (χ3v) is 2.93. The van der Waals surface area contributed by atoms with Crippen LogP contribution >= 0.6 is 0 Å². The topological polar surface area (TPSA) is 98.2 Å². The van der Waals surface area contributed by atoms with Crippen LogP contribution in [0.1, 0.15) is 26.2 Å². The van der Waals surface area contributed by atoms with E-state index >= 15 is 0 Å². The van der Waals surface area contributed by atoms with Gasteiger partial charge in [0, 0.05) is 13.1 Å². The van der Waals surface area contributed by atoms with Gasteiger partial charge in [0.05, 0.1) is 4.92 Å². The van der Waals surface area contributed by atoms with Gasteiger partial charge in [-0.05, 0) is 25.2 Å². The maximum Gasteiger partial charge on any atom is 0.329 e. The van der Waals surface area contributed by atoms with E-state index < -0.39 is 4.92 Å². The van der Waals surface area contributed by atoms with E-state index in [4.69, 9.17) is 5.73 Å². The van der Waals surface area contributed by atoms with E-state index in [-0.39, 0.29) is 11.6 Å². The minimum Gasteiger partial charge on any atom is -0.368 e. The van der Waals surface area contributed by atoms with E-state index in [0.29, 0.717) is 11.7 Å². The highest BCUT2D eigenvalue weighted by molar-refractivity contribution is 5.58. The normalized spacial score (nSPS) is 14.5. The summed E-state index contributed by atoms with van der Waals surface area (Å²) in [7, 11) is 0. The number of anilines is 2. The van der Waals surface area contributed by atoms with Crippen molar-refractivity contribution in [3.05, 3.63) is 16.3 Å². The molecule has 1 aliphatic carbocycles. The summed E-state index contributed by atoms with van der Waals surface area (Å²) in [6.07, 6.45) is 4.48. The summed E-state index contributed by atoms with van der Waals surface area (Å²) in [6, 6.07) is 0. The van der Waals surface area contributed by atoms with Crippen LogP contribution in [-0.2, 0) is 0 Å². The van der Waals surface area contributed by atoms with Gasteiger partial charge in [-0.1, -0.05) is 6.92 Å². The Bertz CT molecular complexity index is 447. The number of nitrogens with two attached hydrogens (primary N) is 1. The number of rotatable bonds is 6. The second-order valence-electron chi connectivity index (χ2n) is 4.58. The molecule has 0 aromatic carbocycles. The molecule has 0 unspecified atom stereocenters. The minimum absolute atomic E-state index is 0.0710. The van der Waals surface area contributed by atoms with Crippen LogP contribution in [0.3, 0.4) is 0 Å². The largest absolute Gasteiger partial charge is 0.368 e. The van der Waals surface area contributed by atoms with Crippen molar-refractivity contribution in [3.63, 3.8) is 0 Å². The maximum atomic E-state index is 11.0. The molecule has 7 heteroatoms. The standard InChI is InChI=1S/C11H17N5O2/c1-2-5-15(7-8-3-4-8)10-9(16(17)18)6-13-11(12)14-10/h6,8H,2-5,7H2,1H3,(H2,12,13,14). The Morgan fingerprint density at radius 3 is 2.89 bits per heavy atom. The zero-order valence-corrected chi connectivity index (χ0v) is 10.4. The van der Waals surface area contributed by atoms with Gasteiger partial charge in [0.15, 0.2) is 0 Å². The monoisotopic (exact) mass is 251 g/mol. The third-order valence-electron chi connectivity index (χ3n) is 2.93. The van der Waals surface area contributed by atoms with E-state index in [1.165, 1.54) is 19.0 Å². The van der Waals surface area contributed by atoms with Gasteiger partial charge in [-0.25, -0.2) is 4.98 Å². The summed E-state index contributed by atoms with van der Waals surface area (Å²) in [6.45, 7) is 3.59. The highest BCUT2D eigenvalue weighted by Crippen LogP contribution is 2.33. The number of hydrogen-bond acceptors (Lipinski definition) is 6. The Balaban J connectivity index is 2.30. The maximum absolute atomic E-state index is 11.0. The first kappa shape index (κ1) is 12.5. The van der Waals surface area contributed by atoms with Crippen LogP contribution in [0.15, 0.2) is 6.20 Å². The highest BCUT2D eigenvalue weighted by Gasteiger charge is 2.28. The molecule has 0 saturated heterocycles. The molecule has 0 amide bonds. The minimum atomic E-state index is -0.454. The summed E-state index contributed by atoms with van der Waals surface area (Å²) < 4.78 is 0. The Kier molecular flexibility index (Phi) is 3.59. The lowest BCUT2D eigenvalue weighted by molar-refractivity contribution is -0.384. The van der Waals surface area contributed by atoms with Crippen LogP contribution in [0.5, 0.6) is 0 Å². The Labute approximate surface area is 105 Å². The lowest BCUT2D eigenvalue weighted by Crippen LogP contribution is -2.28. The molecule has 2 N–H and O–H groups in total. The molecule has 2 rings (SSSR count). The predicted octanol–water partition coefficient (Wildman–Crippen LogP) is 1.59. The number of nitrogens with zero attached hydrogens (tertiary/aromatic N) is 4. The number of aromatic nitrogens is 2. The lowest BCUT2D eigenvalue weighted by Gasteiger charge is -2.22. The van der Waals surface area contributed by atoms with Crippen molar-refractivity contribution in [1.29, 1.82) is 0 Å². The molecule has 18 heavy (non-hydrogen) atoms. The molecule has 0 spiro atoms. The molecule has 1 aromatic rings. The van der Waals surface area contributed by atoms with Gasteiger partial charge in [-0.3, -0.25) is 10.1 Å². The van der Waals surface area contributed by atoms with Crippen molar-refractivity contribution in [2.24, 2.45) is 5.92 Å². The van der Waals surface area contributed by atoms with Gasteiger partial charge >= 0.3 is 5.69 Å². The van der Waals surface area contributed by atoms with Gasteiger partial charge in [0.1, 0.15) is 6.20 Å². The number of nitro groups is 1. The Morgan fingerprint density at radius 2 is 2.33 bits per heavy atom. The Hall–Kier alpha value is -1.92. The van der Waals surface area contributed by atoms with Crippen LogP contribution in [0, 0.1) is 16.0 Å². The molecule has 0 atom stereocenters. The van der Waals surface area contributed by atoms with E-state index in [1.54, 1.807) is 0 Å². The van der Waals surface area contributed by atoms with Crippen LogP contribution < -0.4 is 10.6 Å². The summed E-state index contributed by atoms with van der Waals surface area (Å²) >= 11 is 0. The van der Waals surface area contributed by atoms with Crippen LogP contribution in [0.4, 0.5) is 17.5 Å². The van der Waals surface area contributed by atoms with E-state index in [1.807, 2.05) is 11.8 Å². The third kappa shape index (κ3) is 2.85. The summed E-state index contributed by atoms with van der Waals surface area (Å²) in [5.74, 6) is 1.06. The predicted molar refractivity (Wildman–Crippen MR) is 68.3 cm³/mol. The first-order valence-corrected chi connectivity index (χ1v) is 6.13. The molecule has 1 aliphatic rings. The van der Waals surface area contributed by atoms with Crippen LogP contribution in [0.2, 0.25) is 0 Å². The number of hydrogen-bond donors (Lipinski definition) is 1. The Morgan fingerprint density at radius 1 is 1.61 bits per heavy atom. The second-order valence-corrected chi connectivity index (χ2v) is 4.58. The van der Waals surface area contributed by atoms with Crippen molar-refractivity contribution < 1.29 is 4.92 Å². The fourth-order valence-electron chi connectivity index (χ4n) is 1.91. The van der Waals surface area contributed by atoms with Gasteiger partial charge in [-0.2, -0.15) is 4.98 Å². The zero-order chi connectivity index (χ0) is 13.1. The molecule has 1 aromatic heterocycles.